The molecule has 4 nitrogen and oxygen atoms in total. The second-order valence-electron chi connectivity index (χ2n) is 3.83. The Kier molecular flexibility index (Phi) is 3.07. The first kappa shape index (κ1) is 10.2. The monoisotopic (exact) mass is 223 g/mol. The first-order valence-corrected chi connectivity index (χ1v) is 6.01. The summed E-state index contributed by atoms with van der Waals surface area (Å²) in [5.74, 6) is 0. The molecule has 0 radical (unpaired) electrons. The lowest BCUT2D eigenvalue weighted by atomic mass is 9.95. The number of hydrogen-bond donors (Lipinski definition) is 2. The maximum Gasteiger partial charge on any atom is 0.278 e. The summed E-state index contributed by atoms with van der Waals surface area (Å²) >= 11 is 1.22. The predicted octanol–water partition coefficient (Wildman–Crippen LogP) is 2.05. The number of nitriles is 1. The molecule has 1 aliphatic rings. The maximum atomic E-state index is 11.2. The van der Waals surface area contributed by atoms with Gasteiger partial charge in [0, 0.05) is 6.04 Å². The molecule has 1 aliphatic carbocycles. The van der Waals surface area contributed by atoms with Gasteiger partial charge in [-0.25, -0.2) is 0 Å². The number of anilines is 1. The zero-order chi connectivity index (χ0) is 10.7. The Hall–Kier alpha value is -1.28. The first-order chi connectivity index (χ1) is 7.31. The van der Waals surface area contributed by atoms with E-state index in [2.05, 4.69) is 9.69 Å². The molecule has 1 saturated carbocycles. The third kappa shape index (κ3) is 2.21. The zero-order valence-corrected chi connectivity index (χ0v) is 9.19. The fourth-order valence-corrected chi connectivity index (χ4v) is 2.70. The average molecular weight is 223 g/mol. The molecule has 1 aromatic heterocycles. The molecule has 0 unspecified atom stereocenters. The Balaban J connectivity index is 2.10. The number of nitrogens with one attached hydrogen (secondary N) is 2. The minimum absolute atomic E-state index is 0.227. The highest BCUT2D eigenvalue weighted by Gasteiger charge is 2.17. The molecule has 0 aromatic carbocycles. The lowest BCUT2D eigenvalue weighted by Gasteiger charge is -2.22. The molecule has 80 valence electrons. The zero-order valence-electron chi connectivity index (χ0n) is 8.38. The largest absolute Gasteiger partial charge is 0.372 e. The molecule has 1 aromatic rings. The highest BCUT2D eigenvalue weighted by molar-refractivity contribution is 7.10. The van der Waals surface area contributed by atoms with E-state index in [4.69, 9.17) is 5.26 Å². The highest BCUT2D eigenvalue weighted by Crippen LogP contribution is 2.24. The Morgan fingerprint density at radius 3 is 2.80 bits per heavy atom. The fraction of sp³-hybridized carbons (Fsp3) is 0.600. The molecule has 0 spiro atoms. The molecular formula is C10H13N3OS. The number of nitrogens with zero attached hydrogens (tertiary/aromatic N) is 1. The summed E-state index contributed by atoms with van der Waals surface area (Å²) in [7, 11) is 0. The van der Waals surface area contributed by atoms with Gasteiger partial charge < -0.3 is 5.32 Å². The molecule has 2 rings (SSSR count). The van der Waals surface area contributed by atoms with Gasteiger partial charge in [-0.1, -0.05) is 19.3 Å². The van der Waals surface area contributed by atoms with E-state index >= 15 is 0 Å². The van der Waals surface area contributed by atoms with E-state index in [0.717, 1.165) is 12.8 Å². The third-order valence-electron chi connectivity index (χ3n) is 2.75. The Morgan fingerprint density at radius 2 is 2.13 bits per heavy atom. The van der Waals surface area contributed by atoms with E-state index in [1.54, 1.807) is 0 Å². The van der Waals surface area contributed by atoms with Crippen LogP contribution in [0, 0.1) is 11.3 Å². The molecule has 0 saturated heterocycles. The van der Waals surface area contributed by atoms with Crippen molar-refractivity contribution in [2.24, 2.45) is 0 Å². The van der Waals surface area contributed by atoms with Gasteiger partial charge in [-0.3, -0.25) is 9.17 Å². The van der Waals surface area contributed by atoms with Crippen LogP contribution >= 0.6 is 11.5 Å². The molecule has 1 heterocycles. The maximum absolute atomic E-state index is 11.2. The second-order valence-corrected chi connectivity index (χ2v) is 4.64. The molecule has 0 aliphatic heterocycles. The summed E-state index contributed by atoms with van der Waals surface area (Å²) < 4.78 is 2.58. The van der Waals surface area contributed by atoms with Crippen molar-refractivity contribution in [2.45, 2.75) is 38.1 Å². The Morgan fingerprint density at radius 1 is 1.40 bits per heavy atom. The van der Waals surface area contributed by atoms with Gasteiger partial charge in [-0.15, -0.1) is 0 Å². The second kappa shape index (κ2) is 4.49. The summed E-state index contributed by atoms with van der Waals surface area (Å²) in [5.41, 5.74) is -0.0496. The van der Waals surface area contributed by atoms with Crippen molar-refractivity contribution < 1.29 is 0 Å². The molecule has 5 heteroatoms. The van der Waals surface area contributed by atoms with Gasteiger partial charge in [0.1, 0.15) is 11.1 Å². The van der Waals surface area contributed by atoms with Crippen molar-refractivity contribution in [3.05, 3.63) is 15.9 Å². The topological polar surface area (TPSA) is 68.7 Å². The van der Waals surface area contributed by atoms with Crippen molar-refractivity contribution >= 4 is 16.5 Å². The highest BCUT2D eigenvalue weighted by atomic mass is 32.1. The van der Waals surface area contributed by atoms with Crippen molar-refractivity contribution in [1.82, 2.24) is 4.37 Å². The van der Waals surface area contributed by atoms with Crippen LogP contribution in [0.25, 0.3) is 0 Å². The number of aromatic amines is 1. The summed E-state index contributed by atoms with van der Waals surface area (Å²) in [5, 5.41) is 12.8. The standard InChI is InChI=1S/C10H13N3OS/c11-6-8-9(14)13-15-10(8)12-7-4-2-1-3-5-7/h7,12H,1-5H2,(H,13,14). The van der Waals surface area contributed by atoms with E-state index in [-0.39, 0.29) is 11.1 Å². The third-order valence-corrected chi connectivity index (χ3v) is 3.57. The van der Waals surface area contributed by atoms with Gasteiger partial charge in [-0.05, 0) is 24.4 Å². The van der Waals surface area contributed by atoms with Crippen molar-refractivity contribution in [3.8, 4) is 6.07 Å². The normalized spacial score (nSPS) is 17.3. The van der Waals surface area contributed by atoms with Gasteiger partial charge in [-0.2, -0.15) is 5.26 Å². The van der Waals surface area contributed by atoms with Crippen LogP contribution < -0.4 is 10.9 Å². The molecule has 15 heavy (non-hydrogen) atoms. The summed E-state index contributed by atoms with van der Waals surface area (Å²) in [6, 6.07) is 2.37. The molecule has 0 bridgehead atoms. The van der Waals surface area contributed by atoms with Gasteiger partial charge in [0.15, 0.2) is 5.56 Å². The van der Waals surface area contributed by atoms with Crippen molar-refractivity contribution in [2.75, 3.05) is 5.32 Å². The van der Waals surface area contributed by atoms with Crippen LogP contribution in [0.5, 0.6) is 0 Å². The van der Waals surface area contributed by atoms with Crippen LogP contribution in [-0.4, -0.2) is 10.4 Å². The number of rotatable bonds is 2. The fourth-order valence-electron chi connectivity index (χ4n) is 1.94. The Labute approximate surface area is 92.1 Å². The van der Waals surface area contributed by atoms with E-state index in [0.29, 0.717) is 11.0 Å². The lowest BCUT2D eigenvalue weighted by Crippen LogP contribution is -2.22. The minimum Gasteiger partial charge on any atom is -0.372 e. The van der Waals surface area contributed by atoms with E-state index < -0.39 is 0 Å². The summed E-state index contributed by atoms with van der Waals surface area (Å²) in [6.45, 7) is 0. The van der Waals surface area contributed by atoms with Gasteiger partial charge in [0.05, 0.1) is 0 Å². The van der Waals surface area contributed by atoms with Crippen LogP contribution in [-0.2, 0) is 0 Å². The first-order valence-electron chi connectivity index (χ1n) is 5.19. The van der Waals surface area contributed by atoms with Crippen LogP contribution in [0.1, 0.15) is 37.7 Å². The van der Waals surface area contributed by atoms with Crippen LogP contribution in [0.2, 0.25) is 0 Å². The molecule has 1 fully saturated rings. The number of H-pyrrole nitrogens is 1. The van der Waals surface area contributed by atoms with E-state index in [9.17, 15) is 4.79 Å². The molecular weight excluding hydrogens is 210 g/mol. The van der Waals surface area contributed by atoms with Crippen molar-refractivity contribution in [1.29, 1.82) is 5.26 Å². The number of hydrogen-bond acceptors (Lipinski definition) is 4. The number of aromatic nitrogens is 1. The molecule has 0 atom stereocenters. The van der Waals surface area contributed by atoms with Crippen LogP contribution in [0.15, 0.2) is 4.79 Å². The lowest BCUT2D eigenvalue weighted by molar-refractivity contribution is 0.463. The average Bonchev–Trinajstić information content (AvgIpc) is 2.61. The van der Waals surface area contributed by atoms with E-state index in [1.807, 2.05) is 6.07 Å². The van der Waals surface area contributed by atoms with Crippen LogP contribution in [0.3, 0.4) is 0 Å². The quantitative estimate of drug-likeness (QED) is 0.806. The summed E-state index contributed by atoms with van der Waals surface area (Å²) in [4.78, 5) is 11.2. The smallest absolute Gasteiger partial charge is 0.278 e. The van der Waals surface area contributed by atoms with E-state index in [1.165, 1.54) is 30.8 Å². The SMILES string of the molecule is N#Cc1c(NC2CCCCC2)s[nH]c1=O. The van der Waals surface area contributed by atoms with Gasteiger partial charge in [0.25, 0.3) is 5.56 Å². The summed E-state index contributed by atoms with van der Waals surface area (Å²) in [6.07, 6.45) is 6.04. The Bertz CT molecular complexity index is 423. The van der Waals surface area contributed by atoms with Crippen LogP contribution in [0.4, 0.5) is 5.00 Å². The minimum atomic E-state index is -0.277. The predicted molar refractivity (Wildman–Crippen MR) is 60.2 cm³/mol. The molecule has 2 N–H and O–H groups in total. The molecule has 0 amide bonds. The van der Waals surface area contributed by atoms with Gasteiger partial charge in [0.2, 0.25) is 0 Å². The van der Waals surface area contributed by atoms with Gasteiger partial charge >= 0.3 is 0 Å². The van der Waals surface area contributed by atoms with Crippen molar-refractivity contribution in [3.63, 3.8) is 0 Å².